The summed E-state index contributed by atoms with van der Waals surface area (Å²) in [5.74, 6) is 0.481. The van der Waals surface area contributed by atoms with Crippen LogP contribution in [0.2, 0.25) is 0 Å². The lowest BCUT2D eigenvalue weighted by Gasteiger charge is -2.37. The largest absolute Gasteiger partial charge is 0.465 e. The minimum Gasteiger partial charge on any atom is -0.465 e. The molecule has 2 amide bonds. The third-order valence-corrected chi connectivity index (χ3v) is 4.50. The lowest BCUT2D eigenvalue weighted by Crippen LogP contribution is -2.55. The summed E-state index contributed by atoms with van der Waals surface area (Å²) in [5, 5.41) is 3.77. The molecule has 1 aliphatic heterocycles. The second-order valence-electron chi connectivity index (χ2n) is 7.69. The number of pyridine rings is 1. The molecule has 144 valence electrons. The van der Waals surface area contributed by atoms with Crippen LogP contribution < -0.4 is 10.2 Å². The summed E-state index contributed by atoms with van der Waals surface area (Å²) in [5.41, 5.74) is 1.02. The first-order valence-corrected chi connectivity index (χ1v) is 9.08. The summed E-state index contributed by atoms with van der Waals surface area (Å²) < 4.78 is 4.84. The molecule has 0 bridgehead atoms. The number of hydrogen-bond donors (Lipinski definition) is 1. The number of hydrogen-bond acceptors (Lipinski definition) is 5. The summed E-state index contributed by atoms with van der Waals surface area (Å²) in [6.07, 6.45) is 0. The number of anilines is 1. The Balaban J connectivity index is 1.72. The summed E-state index contributed by atoms with van der Waals surface area (Å²) in [6.45, 7) is 8.64. The van der Waals surface area contributed by atoms with Crippen molar-refractivity contribution >= 4 is 28.7 Å². The van der Waals surface area contributed by atoms with E-state index in [1.807, 2.05) is 43.9 Å². The van der Waals surface area contributed by atoms with Gasteiger partial charge in [-0.05, 0) is 45.0 Å². The molecule has 1 fully saturated rings. The lowest BCUT2D eigenvalue weighted by atomic mass is 10.1. The fourth-order valence-corrected chi connectivity index (χ4v) is 3.15. The van der Waals surface area contributed by atoms with E-state index in [2.05, 4.69) is 10.2 Å². The molecule has 1 saturated heterocycles. The fraction of sp³-hybridized carbons (Fsp3) is 0.450. The number of nitrogens with zero attached hydrogens (tertiary/aromatic N) is 3. The molecular formula is C20H26N4O3. The smallest absolute Gasteiger partial charge is 0.338 e. The number of amides is 2. The van der Waals surface area contributed by atoms with E-state index in [1.54, 1.807) is 12.1 Å². The number of piperazine rings is 1. The van der Waals surface area contributed by atoms with E-state index in [-0.39, 0.29) is 17.5 Å². The quantitative estimate of drug-likeness (QED) is 0.823. The van der Waals surface area contributed by atoms with Crippen LogP contribution in [0.3, 0.4) is 0 Å². The molecule has 0 unspecified atom stereocenters. The Morgan fingerprint density at radius 1 is 1.07 bits per heavy atom. The monoisotopic (exact) mass is 370 g/mol. The second-order valence-corrected chi connectivity index (χ2v) is 7.69. The molecular weight excluding hydrogens is 344 g/mol. The SMILES string of the molecule is COC(=O)c1cccc2nc(N3CCN(C(=O)NC(C)(C)C)CC3)ccc12. The number of fused-ring (bicyclic) bond motifs is 1. The molecule has 1 aromatic carbocycles. The molecule has 0 radical (unpaired) electrons. The van der Waals surface area contributed by atoms with Gasteiger partial charge in [-0.25, -0.2) is 14.6 Å². The molecule has 0 aliphatic carbocycles. The molecule has 7 nitrogen and oxygen atoms in total. The van der Waals surface area contributed by atoms with Crippen molar-refractivity contribution in [1.82, 2.24) is 15.2 Å². The van der Waals surface area contributed by atoms with Crippen LogP contribution in [-0.4, -0.2) is 60.7 Å². The zero-order chi connectivity index (χ0) is 19.6. The number of aromatic nitrogens is 1. The van der Waals surface area contributed by atoms with Crippen LogP contribution in [0.5, 0.6) is 0 Å². The minimum absolute atomic E-state index is 0.0312. The number of rotatable bonds is 2. The molecule has 2 aromatic rings. The lowest BCUT2D eigenvalue weighted by molar-refractivity contribution is 0.0603. The number of nitrogens with one attached hydrogen (secondary N) is 1. The van der Waals surface area contributed by atoms with Gasteiger partial charge in [0.15, 0.2) is 0 Å². The number of carbonyl (C=O) groups is 2. The van der Waals surface area contributed by atoms with E-state index in [1.165, 1.54) is 7.11 Å². The number of methoxy groups -OCH3 is 1. The zero-order valence-electron chi connectivity index (χ0n) is 16.3. The van der Waals surface area contributed by atoms with Gasteiger partial charge in [-0.15, -0.1) is 0 Å². The molecule has 7 heteroatoms. The zero-order valence-corrected chi connectivity index (χ0v) is 16.3. The van der Waals surface area contributed by atoms with Crippen molar-refractivity contribution in [3.8, 4) is 0 Å². The standard InChI is InChI=1S/C20H26N4O3/c1-20(2,3)22-19(26)24-12-10-23(11-13-24)17-9-8-14-15(18(25)27-4)6-5-7-16(14)21-17/h5-9H,10-13H2,1-4H3,(H,22,26). The van der Waals surface area contributed by atoms with Crippen molar-refractivity contribution in [3.63, 3.8) is 0 Å². The highest BCUT2D eigenvalue weighted by Gasteiger charge is 2.24. The molecule has 1 aliphatic rings. The number of carbonyl (C=O) groups excluding carboxylic acids is 2. The van der Waals surface area contributed by atoms with Gasteiger partial charge in [-0.3, -0.25) is 0 Å². The molecule has 0 atom stereocenters. The Labute approximate surface area is 159 Å². The summed E-state index contributed by atoms with van der Waals surface area (Å²) in [4.78, 5) is 32.9. The molecule has 2 heterocycles. The van der Waals surface area contributed by atoms with E-state index in [4.69, 9.17) is 9.72 Å². The van der Waals surface area contributed by atoms with Crippen LogP contribution in [-0.2, 0) is 4.74 Å². The second kappa shape index (κ2) is 7.42. The van der Waals surface area contributed by atoms with Crippen molar-refractivity contribution in [1.29, 1.82) is 0 Å². The first-order chi connectivity index (χ1) is 12.8. The normalized spacial score (nSPS) is 15.0. The highest BCUT2D eigenvalue weighted by atomic mass is 16.5. The van der Waals surface area contributed by atoms with Crippen molar-refractivity contribution < 1.29 is 14.3 Å². The van der Waals surface area contributed by atoms with Gasteiger partial charge in [-0.2, -0.15) is 0 Å². The third kappa shape index (κ3) is 4.30. The van der Waals surface area contributed by atoms with E-state index >= 15 is 0 Å². The third-order valence-electron chi connectivity index (χ3n) is 4.50. The van der Waals surface area contributed by atoms with Gasteiger partial charge in [0.25, 0.3) is 0 Å². The number of benzene rings is 1. The maximum absolute atomic E-state index is 12.3. The Kier molecular flexibility index (Phi) is 5.21. The Hall–Kier alpha value is -2.83. The van der Waals surface area contributed by atoms with Crippen LogP contribution in [0.15, 0.2) is 30.3 Å². The highest BCUT2D eigenvalue weighted by Crippen LogP contribution is 2.23. The van der Waals surface area contributed by atoms with Crippen LogP contribution in [0.4, 0.5) is 10.6 Å². The van der Waals surface area contributed by atoms with E-state index < -0.39 is 0 Å². The minimum atomic E-state index is -0.367. The van der Waals surface area contributed by atoms with Gasteiger partial charge in [0.05, 0.1) is 18.2 Å². The van der Waals surface area contributed by atoms with Gasteiger partial charge < -0.3 is 19.9 Å². The predicted molar refractivity (Wildman–Crippen MR) is 105 cm³/mol. The molecule has 1 aromatic heterocycles. The Bertz CT molecular complexity index is 852. The summed E-state index contributed by atoms with van der Waals surface area (Å²) in [6, 6.07) is 9.22. The van der Waals surface area contributed by atoms with Crippen LogP contribution in [0, 0.1) is 0 Å². The Morgan fingerprint density at radius 3 is 2.41 bits per heavy atom. The number of urea groups is 1. The maximum Gasteiger partial charge on any atom is 0.338 e. The van der Waals surface area contributed by atoms with Crippen LogP contribution in [0.1, 0.15) is 31.1 Å². The van der Waals surface area contributed by atoms with E-state index in [0.29, 0.717) is 31.7 Å². The topological polar surface area (TPSA) is 74.8 Å². The molecule has 27 heavy (non-hydrogen) atoms. The first kappa shape index (κ1) is 18.9. The first-order valence-electron chi connectivity index (χ1n) is 9.08. The van der Waals surface area contributed by atoms with Gasteiger partial charge in [-0.1, -0.05) is 6.07 Å². The highest BCUT2D eigenvalue weighted by molar-refractivity contribution is 6.03. The van der Waals surface area contributed by atoms with Crippen molar-refractivity contribution in [3.05, 3.63) is 35.9 Å². The number of esters is 1. The van der Waals surface area contributed by atoms with Crippen LogP contribution >= 0.6 is 0 Å². The average molecular weight is 370 g/mol. The predicted octanol–water partition coefficient (Wildman–Crippen LogP) is 2.65. The van der Waals surface area contributed by atoms with Crippen molar-refractivity contribution in [2.75, 3.05) is 38.2 Å². The van der Waals surface area contributed by atoms with Crippen molar-refractivity contribution in [2.45, 2.75) is 26.3 Å². The van der Waals surface area contributed by atoms with Gasteiger partial charge in [0.1, 0.15) is 5.82 Å². The average Bonchev–Trinajstić information content (AvgIpc) is 2.65. The summed E-state index contributed by atoms with van der Waals surface area (Å²) >= 11 is 0. The van der Waals surface area contributed by atoms with Gasteiger partial charge >= 0.3 is 12.0 Å². The van der Waals surface area contributed by atoms with E-state index in [0.717, 1.165) is 16.7 Å². The van der Waals surface area contributed by atoms with Gasteiger partial charge in [0.2, 0.25) is 0 Å². The molecule has 0 spiro atoms. The van der Waals surface area contributed by atoms with Crippen LogP contribution in [0.25, 0.3) is 10.9 Å². The fourth-order valence-electron chi connectivity index (χ4n) is 3.15. The Morgan fingerprint density at radius 2 is 1.78 bits per heavy atom. The maximum atomic E-state index is 12.3. The number of ether oxygens (including phenoxy) is 1. The molecule has 3 rings (SSSR count). The van der Waals surface area contributed by atoms with Crippen molar-refractivity contribution in [2.24, 2.45) is 0 Å². The summed E-state index contributed by atoms with van der Waals surface area (Å²) in [7, 11) is 1.37. The van der Waals surface area contributed by atoms with Gasteiger partial charge in [0, 0.05) is 37.1 Å². The van der Waals surface area contributed by atoms with E-state index in [9.17, 15) is 9.59 Å². The molecule has 0 saturated carbocycles. The molecule has 1 N–H and O–H groups in total.